The molecule has 2 N–H and O–H groups in total. The number of alkyl halides is 3. The lowest BCUT2D eigenvalue weighted by Gasteiger charge is -2.11. The minimum absolute atomic E-state index is 0.0103. The first-order chi connectivity index (χ1) is 15.2. The van der Waals surface area contributed by atoms with Gasteiger partial charge in [-0.3, -0.25) is 14.2 Å². The number of amides is 1. The number of fused-ring (bicyclic) bond motifs is 1. The Morgan fingerprint density at radius 1 is 1.00 bits per heavy atom. The predicted octanol–water partition coefficient (Wildman–Crippen LogP) is 5.38. The molecule has 5 nitrogen and oxygen atoms in total. The average Bonchev–Trinajstić information content (AvgIpc) is 2.76. The molecule has 0 aliphatic carbocycles. The summed E-state index contributed by atoms with van der Waals surface area (Å²) >= 11 is 5.33. The Bertz CT molecular complexity index is 1430. The van der Waals surface area contributed by atoms with Crippen LogP contribution >= 0.6 is 12.2 Å². The molecule has 0 spiro atoms. The van der Waals surface area contributed by atoms with E-state index in [9.17, 15) is 22.8 Å². The minimum Gasteiger partial charge on any atom is -0.332 e. The second-order valence-electron chi connectivity index (χ2n) is 7.10. The van der Waals surface area contributed by atoms with Crippen LogP contribution < -0.4 is 10.9 Å². The number of hydrogen-bond donors (Lipinski definition) is 2. The highest BCUT2D eigenvalue weighted by atomic mass is 32.1. The number of benzene rings is 3. The lowest BCUT2D eigenvalue weighted by molar-refractivity contribution is -0.137. The van der Waals surface area contributed by atoms with Crippen LogP contribution in [0.5, 0.6) is 0 Å². The summed E-state index contributed by atoms with van der Waals surface area (Å²) in [5.74, 6) is -0.612. The number of nitrogens with zero attached hydrogens (tertiary/aromatic N) is 1. The summed E-state index contributed by atoms with van der Waals surface area (Å²) in [6.45, 7) is 0.294. The fourth-order valence-electron chi connectivity index (χ4n) is 3.28. The van der Waals surface area contributed by atoms with Gasteiger partial charge in [-0.1, -0.05) is 36.4 Å². The molecule has 0 aliphatic rings. The van der Waals surface area contributed by atoms with E-state index in [0.29, 0.717) is 17.4 Å². The highest BCUT2D eigenvalue weighted by molar-refractivity contribution is 7.71. The molecule has 0 fully saturated rings. The first-order valence-electron chi connectivity index (χ1n) is 9.52. The molecule has 0 radical (unpaired) electrons. The normalized spacial score (nSPS) is 11.5. The fraction of sp³-hybridized carbons (Fsp3) is 0.0870. The SMILES string of the molecule is O=C(Nc1cccc(C(F)(F)F)c1)c1ccc2c(=O)n(Cc3ccccc3)c(=S)[nH]c2c1. The summed E-state index contributed by atoms with van der Waals surface area (Å²) < 4.78 is 40.3. The molecule has 0 atom stereocenters. The van der Waals surface area contributed by atoms with Crippen molar-refractivity contribution in [2.24, 2.45) is 0 Å². The van der Waals surface area contributed by atoms with Crippen molar-refractivity contribution in [2.75, 3.05) is 5.32 Å². The molecule has 0 unspecified atom stereocenters. The van der Waals surface area contributed by atoms with Gasteiger partial charge in [0.25, 0.3) is 11.5 Å². The molecule has 0 saturated carbocycles. The molecule has 3 aromatic carbocycles. The molecule has 9 heteroatoms. The summed E-state index contributed by atoms with van der Waals surface area (Å²) in [7, 11) is 0. The summed E-state index contributed by atoms with van der Waals surface area (Å²) in [4.78, 5) is 28.5. The van der Waals surface area contributed by atoms with E-state index in [1.807, 2.05) is 30.3 Å². The van der Waals surface area contributed by atoms with Gasteiger partial charge in [0, 0.05) is 11.3 Å². The van der Waals surface area contributed by atoms with Crippen molar-refractivity contribution in [2.45, 2.75) is 12.7 Å². The molecule has 1 aromatic heterocycles. The number of aromatic amines is 1. The lowest BCUT2D eigenvalue weighted by Crippen LogP contribution is -2.23. The Kier molecular flexibility index (Phi) is 5.67. The zero-order valence-corrected chi connectivity index (χ0v) is 17.3. The van der Waals surface area contributed by atoms with Crippen molar-refractivity contribution < 1.29 is 18.0 Å². The predicted molar refractivity (Wildman–Crippen MR) is 118 cm³/mol. The zero-order chi connectivity index (χ0) is 22.9. The van der Waals surface area contributed by atoms with Crippen molar-refractivity contribution in [1.82, 2.24) is 9.55 Å². The van der Waals surface area contributed by atoms with Gasteiger partial charge in [-0.15, -0.1) is 0 Å². The van der Waals surface area contributed by atoms with Crippen molar-refractivity contribution in [3.05, 3.63) is 105 Å². The Balaban J connectivity index is 1.64. The van der Waals surface area contributed by atoms with Gasteiger partial charge in [0.2, 0.25) is 0 Å². The number of H-pyrrole nitrogens is 1. The Labute approximate surface area is 185 Å². The summed E-state index contributed by atoms with van der Waals surface area (Å²) in [6, 6.07) is 18.1. The van der Waals surface area contributed by atoms with E-state index in [0.717, 1.165) is 17.7 Å². The first kappa shape index (κ1) is 21.5. The molecule has 32 heavy (non-hydrogen) atoms. The van der Waals surface area contributed by atoms with Gasteiger partial charge in [0.15, 0.2) is 4.77 Å². The summed E-state index contributed by atoms with van der Waals surface area (Å²) in [5, 5.41) is 2.78. The Hall–Kier alpha value is -3.72. The second kappa shape index (κ2) is 8.43. The van der Waals surface area contributed by atoms with Crippen LogP contribution in [-0.4, -0.2) is 15.5 Å². The number of anilines is 1. The summed E-state index contributed by atoms with van der Waals surface area (Å²) in [6.07, 6.45) is -4.52. The smallest absolute Gasteiger partial charge is 0.332 e. The zero-order valence-electron chi connectivity index (χ0n) is 16.4. The maximum absolute atomic E-state index is 12.9. The van der Waals surface area contributed by atoms with Crippen molar-refractivity contribution in [3.63, 3.8) is 0 Å². The van der Waals surface area contributed by atoms with Crippen LogP contribution in [0.3, 0.4) is 0 Å². The molecular formula is C23H16F3N3O2S. The van der Waals surface area contributed by atoms with Crippen LogP contribution in [0, 0.1) is 4.77 Å². The van der Waals surface area contributed by atoms with E-state index in [-0.39, 0.29) is 21.6 Å². The number of nitrogens with one attached hydrogen (secondary N) is 2. The standard InChI is InChI=1S/C23H16F3N3O2S/c24-23(25,26)16-7-4-8-17(12-16)27-20(30)15-9-10-18-19(11-15)28-22(32)29(21(18)31)13-14-5-2-1-3-6-14/h1-12H,13H2,(H,27,30)(H,28,32). The highest BCUT2D eigenvalue weighted by Crippen LogP contribution is 2.30. The molecule has 0 aliphatic heterocycles. The molecule has 1 amide bonds. The van der Waals surface area contributed by atoms with E-state index in [1.54, 1.807) is 0 Å². The molecule has 0 bridgehead atoms. The quantitative estimate of drug-likeness (QED) is 0.406. The van der Waals surface area contributed by atoms with Gasteiger partial charge >= 0.3 is 6.18 Å². The Morgan fingerprint density at radius 2 is 1.75 bits per heavy atom. The van der Waals surface area contributed by atoms with Gasteiger partial charge in [0.05, 0.1) is 23.0 Å². The minimum atomic E-state index is -4.52. The Morgan fingerprint density at radius 3 is 2.47 bits per heavy atom. The van der Waals surface area contributed by atoms with Gasteiger partial charge < -0.3 is 10.3 Å². The van der Waals surface area contributed by atoms with Gasteiger partial charge in [0.1, 0.15) is 0 Å². The van der Waals surface area contributed by atoms with Crippen LogP contribution in [0.25, 0.3) is 10.9 Å². The number of halogens is 3. The average molecular weight is 455 g/mol. The monoisotopic (exact) mass is 455 g/mol. The highest BCUT2D eigenvalue weighted by Gasteiger charge is 2.30. The van der Waals surface area contributed by atoms with Gasteiger partial charge in [-0.25, -0.2) is 0 Å². The third-order valence-corrected chi connectivity index (χ3v) is 5.20. The van der Waals surface area contributed by atoms with Crippen LogP contribution in [0.15, 0.2) is 77.6 Å². The summed E-state index contributed by atoms with van der Waals surface area (Å²) in [5.41, 5.74) is 0.276. The van der Waals surface area contributed by atoms with Crippen LogP contribution in [0.4, 0.5) is 18.9 Å². The van der Waals surface area contributed by atoms with Gasteiger partial charge in [-0.2, -0.15) is 13.2 Å². The van der Waals surface area contributed by atoms with Crippen LogP contribution in [-0.2, 0) is 12.7 Å². The number of hydrogen-bond acceptors (Lipinski definition) is 3. The maximum Gasteiger partial charge on any atom is 0.416 e. The molecule has 4 rings (SSSR count). The molecule has 0 saturated heterocycles. The molecule has 4 aromatic rings. The number of aromatic nitrogens is 2. The molecule has 1 heterocycles. The first-order valence-corrected chi connectivity index (χ1v) is 9.92. The maximum atomic E-state index is 12.9. The second-order valence-corrected chi connectivity index (χ2v) is 7.49. The van der Waals surface area contributed by atoms with E-state index in [4.69, 9.17) is 12.2 Å². The van der Waals surface area contributed by atoms with Gasteiger partial charge in [-0.05, 0) is 54.2 Å². The van der Waals surface area contributed by atoms with Crippen molar-refractivity contribution in [3.8, 4) is 0 Å². The fourth-order valence-corrected chi connectivity index (χ4v) is 3.54. The van der Waals surface area contributed by atoms with Crippen LogP contribution in [0.1, 0.15) is 21.5 Å². The number of carbonyl (C=O) groups is 1. The molecule has 162 valence electrons. The van der Waals surface area contributed by atoms with Crippen molar-refractivity contribution in [1.29, 1.82) is 0 Å². The third-order valence-electron chi connectivity index (χ3n) is 4.88. The molecular weight excluding hydrogens is 439 g/mol. The van der Waals surface area contributed by atoms with E-state index in [1.165, 1.54) is 34.9 Å². The van der Waals surface area contributed by atoms with Crippen molar-refractivity contribution >= 4 is 34.7 Å². The van der Waals surface area contributed by atoms with E-state index < -0.39 is 17.6 Å². The number of carbonyl (C=O) groups excluding carboxylic acids is 1. The lowest BCUT2D eigenvalue weighted by atomic mass is 10.1. The topological polar surface area (TPSA) is 66.9 Å². The third kappa shape index (κ3) is 4.47. The largest absolute Gasteiger partial charge is 0.416 e. The number of rotatable bonds is 4. The van der Waals surface area contributed by atoms with E-state index in [2.05, 4.69) is 10.3 Å². The van der Waals surface area contributed by atoms with E-state index >= 15 is 0 Å². The van der Waals surface area contributed by atoms with Crippen LogP contribution in [0.2, 0.25) is 0 Å².